The summed E-state index contributed by atoms with van der Waals surface area (Å²) in [6, 6.07) is 5.28. The van der Waals surface area contributed by atoms with Gasteiger partial charge in [-0.2, -0.15) is 0 Å². The van der Waals surface area contributed by atoms with Crippen LogP contribution in [0.2, 0.25) is 0 Å². The van der Waals surface area contributed by atoms with E-state index < -0.39 is 5.97 Å². The summed E-state index contributed by atoms with van der Waals surface area (Å²) >= 11 is 0. The van der Waals surface area contributed by atoms with Gasteiger partial charge in [0.2, 0.25) is 0 Å². The van der Waals surface area contributed by atoms with E-state index in [4.69, 9.17) is 14.6 Å². The van der Waals surface area contributed by atoms with E-state index in [1.165, 1.54) is 7.11 Å². The minimum atomic E-state index is -0.817. The number of rotatable bonds is 7. The van der Waals surface area contributed by atoms with Crippen molar-refractivity contribution in [2.75, 3.05) is 14.2 Å². The van der Waals surface area contributed by atoms with Crippen LogP contribution in [-0.4, -0.2) is 29.9 Å². The number of nitrogens with zero attached hydrogens (tertiary/aromatic N) is 1. The van der Waals surface area contributed by atoms with Crippen molar-refractivity contribution in [3.05, 3.63) is 34.7 Å². The summed E-state index contributed by atoms with van der Waals surface area (Å²) in [4.78, 5) is 23.0. The van der Waals surface area contributed by atoms with E-state index in [9.17, 15) is 9.59 Å². The molecule has 0 radical (unpaired) electrons. The van der Waals surface area contributed by atoms with E-state index in [1.54, 1.807) is 30.0 Å². The van der Waals surface area contributed by atoms with E-state index >= 15 is 0 Å². The molecule has 22 heavy (non-hydrogen) atoms. The fourth-order valence-electron chi connectivity index (χ4n) is 2.34. The summed E-state index contributed by atoms with van der Waals surface area (Å²) in [7, 11) is 3.07. The lowest BCUT2D eigenvalue weighted by molar-refractivity contribution is -0.137. The highest BCUT2D eigenvalue weighted by atomic mass is 16.5. The third kappa shape index (κ3) is 3.39. The Labute approximate surface area is 127 Å². The Balaban J connectivity index is 2.29. The zero-order valence-electron chi connectivity index (χ0n) is 12.7. The topological polar surface area (TPSA) is 77.8 Å². The number of carboxylic acid groups (broad SMARTS) is 1. The Kier molecular flexibility index (Phi) is 5.04. The van der Waals surface area contributed by atoms with Crippen LogP contribution < -0.4 is 15.0 Å². The number of carboxylic acids is 1. The molecule has 0 fully saturated rings. The highest BCUT2D eigenvalue weighted by Crippen LogP contribution is 2.30. The first-order valence-electron chi connectivity index (χ1n) is 7.03. The van der Waals surface area contributed by atoms with Crippen LogP contribution in [0.25, 0.3) is 10.8 Å². The van der Waals surface area contributed by atoms with Gasteiger partial charge in [-0.3, -0.25) is 9.59 Å². The van der Waals surface area contributed by atoms with E-state index in [2.05, 4.69) is 0 Å². The number of carbonyl (C=O) groups is 1. The lowest BCUT2D eigenvalue weighted by Crippen LogP contribution is -2.19. The zero-order chi connectivity index (χ0) is 16.1. The maximum absolute atomic E-state index is 12.5. The first-order valence-corrected chi connectivity index (χ1v) is 7.03. The van der Waals surface area contributed by atoms with Crippen molar-refractivity contribution >= 4 is 16.7 Å². The number of benzene rings is 1. The smallest absolute Gasteiger partial charge is 0.303 e. The molecule has 0 saturated heterocycles. The quantitative estimate of drug-likeness (QED) is 0.794. The monoisotopic (exact) mass is 305 g/mol. The second-order valence-electron chi connectivity index (χ2n) is 4.96. The van der Waals surface area contributed by atoms with Crippen molar-refractivity contribution in [1.82, 2.24) is 4.57 Å². The van der Waals surface area contributed by atoms with Crippen LogP contribution in [0.3, 0.4) is 0 Å². The molecule has 0 spiro atoms. The normalized spacial score (nSPS) is 10.6. The van der Waals surface area contributed by atoms with Crippen molar-refractivity contribution < 1.29 is 19.4 Å². The van der Waals surface area contributed by atoms with Gasteiger partial charge < -0.3 is 19.1 Å². The molecule has 0 aliphatic heterocycles. The van der Waals surface area contributed by atoms with Crippen LogP contribution in [0.4, 0.5) is 0 Å². The van der Waals surface area contributed by atoms with Gasteiger partial charge in [0.15, 0.2) is 11.5 Å². The second-order valence-corrected chi connectivity index (χ2v) is 4.96. The molecule has 0 aliphatic rings. The third-order valence-electron chi connectivity index (χ3n) is 3.52. The standard InChI is InChI=1S/C16H19NO5/c1-21-13-9-11-6-8-17(7-4-3-5-15(18)19)16(20)12(11)10-14(13)22-2/h6,8-10H,3-5,7H2,1-2H3,(H,18,19). The molecule has 0 unspecified atom stereocenters. The Bertz CT molecular complexity index is 735. The van der Waals surface area contributed by atoms with Crippen LogP contribution in [0, 0.1) is 0 Å². The van der Waals surface area contributed by atoms with Gasteiger partial charge in [0, 0.05) is 19.2 Å². The molecule has 2 aromatic rings. The molecule has 118 valence electrons. The number of hydrogen-bond acceptors (Lipinski definition) is 4. The van der Waals surface area contributed by atoms with E-state index in [1.807, 2.05) is 6.07 Å². The van der Waals surface area contributed by atoms with Crippen LogP contribution in [0.1, 0.15) is 19.3 Å². The molecule has 0 bridgehead atoms. The van der Waals surface area contributed by atoms with E-state index in [0.717, 1.165) is 5.39 Å². The van der Waals surface area contributed by atoms with Gasteiger partial charge >= 0.3 is 5.97 Å². The summed E-state index contributed by atoms with van der Waals surface area (Å²) in [5.74, 6) is 0.270. The van der Waals surface area contributed by atoms with Gasteiger partial charge in [0.1, 0.15) is 0 Å². The van der Waals surface area contributed by atoms with Crippen molar-refractivity contribution in [3.63, 3.8) is 0 Å². The van der Waals surface area contributed by atoms with E-state index in [-0.39, 0.29) is 12.0 Å². The van der Waals surface area contributed by atoms with Crippen LogP contribution in [-0.2, 0) is 11.3 Å². The summed E-state index contributed by atoms with van der Waals surface area (Å²) < 4.78 is 12.0. The van der Waals surface area contributed by atoms with Gasteiger partial charge in [0.25, 0.3) is 5.56 Å². The first-order chi connectivity index (χ1) is 10.6. The Morgan fingerprint density at radius 2 is 1.86 bits per heavy atom. The van der Waals surface area contributed by atoms with E-state index in [0.29, 0.717) is 36.3 Å². The molecule has 0 atom stereocenters. The molecule has 1 aromatic heterocycles. The first kappa shape index (κ1) is 15.9. The molecule has 0 saturated carbocycles. The van der Waals surface area contributed by atoms with Crippen LogP contribution in [0.5, 0.6) is 11.5 Å². The number of aryl methyl sites for hydroxylation is 1. The predicted octanol–water partition coefficient (Wildman–Crippen LogP) is 2.27. The van der Waals surface area contributed by atoms with Gasteiger partial charge in [-0.15, -0.1) is 0 Å². The molecule has 6 nitrogen and oxygen atoms in total. The molecule has 6 heteroatoms. The fourth-order valence-corrected chi connectivity index (χ4v) is 2.34. The number of fused-ring (bicyclic) bond motifs is 1. The molecule has 1 N–H and O–H groups in total. The highest BCUT2D eigenvalue weighted by molar-refractivity contribution is 5.85. The predicted molar refractivity (Wildman–Crippen MR) is 82.8 cm³/mol. The summed E-state index contributed by atoms with van der Waals surface area (Å²) in [5.41, 5.74) is -0.117. The number of aliphatic carboxylic acids is 1. The van der Waals surface area contributed by atoms with Crippen molar-refractivity contribution in [2.45, 2.75) is 25.8 Å². The molecule has 2 rings (SSSR count). The minimum Gasteiger partial charge on any atom is -0.493 e. The number of methoxy groups -OCH3 is 2. The van der Waals surface area contributed by atoms with Crippen molar-refractivity contribution in [3.8, 4) is 11.5 Å². The lowest BCUT2D eigenvalue weighted by Gasteiger charge is -2.11. The van der Waals surface area contributed by atoms with Gasteiger partial charge in [-0.25, -0.2) is 0 Å². The summed E-state index contributed by atoms with van der Waals surface area (Å²) in [5, 5.41) is 9.96. The summed E-state index contributed by atoms with van der Waals surface area (Å²) in [6.07, 6.45) is 3.03. The zero-order valence-corrected chi connectivity index (χ0v) is 12.7. The van der Waals surface area contributed by atoms with Gasteiger partial charge in [0.05, 0.1) is 19.6 Å². The van der Waals surface area contributed by atoms with Gasteiger partial charge in [-0.1, -0.05) is 0 Å². The summed E-state index contributed by atoms with van der Waals surface area (Å²) in [6.45, 7) is 0.496. The number of unbranched alkanes of at least 4 members (excludes halogenated alkanes) is 1. The Hall–Kier alpha value is -2.50. The van der Waals surface area contributed by atoms with Crippen LogP contribution in [0.15, 0.2) is 29.2 Å². The molecule has 1 heterocycles. The Morgan fingerprint density at radius 1 is 1.18 bits per heavy atom. The highest BCUT2D eigenvalue weighted by Gasteiger charge is 2.10. The van der Waals surface area contributed by atoms with Crippen molar-refractivity contribution in [1.29, 1.82) is 0 Å². The molecule has 0 aliphatic carbocycles. The minimum absolute atomic E-state index is 0.117. The fraction of sp³-hybridized carbons (Fsp3) is 0.375. The Morgan fingerprint density at radius 3 is 2.50 bits per heavy atom. The number of ether oxygens (including phenoxy) is 2. The SMILES string of the molecule is COc1cc2ccn(CCCCC(=O)O)c(=O)c2cc1OC. The molecular weight excluding hydrogens is 286 g/mol. The second kappa shape index (κ2) is 6.98. The lowest BCUT2D eigenvalue weighted by atomic mass is 10.1. The third-order valence-corrected chi connectivity index (χ3v) is 3.52. The number of aromatic nitrogens is 1. The number of hydrogen-bond donors (Lipinski definition) is 1. The molecular formula is C16H19NO5. The number of pyridine rings is 1. The molecule has 1 aromatic carbocycles. The van der Waals surface area contributed by atoms with Gasteiger partial charge in [-0.05, 0) is 36.4 Å². The average Bonchev–Trinajstić information content (AvgIpc) is 2.52. The average molecular weight is 305 g/mol. The largest absolute Gasteiger partial charge is 0.493 e. The maximum atomic E-state index is 12.5. The maximum Gasteiger partial charge on any atom is 0.303 e. The van der Waals surface area contributed by atoms with Crippen molar-refractivity contribution in [2.24, 2.45) is 0 Å². The van der Waals surface area contributed by atoms with Crippen LogP contribution >= 0.6 is 0 Å². The molecule has 0 amide bonds.